The number of allylic oxidation sites excluding steroid dienone is 1. The van der Waals surface area contributed by atoms with Gasteiger partial charge in [-0.15, -0.1) is 0 Å². The van der Waals surface area contributed by atoms with Gasteiger partial charge in [0.25, 0.3) is 0 Å². The highest BCUT2D eigenvalue weighted by Crippen LogP contribution is 2.14. The topological polar surface area (TPSA) is 112 Å². The van der Waals surface area contributed by atoms with Gasteiger partial charge in [0.15, 0.2) is 18.2 Å². The highest BCUT2D eigenvalue weighted by molar-refractivity contribution is 6.07. The maximum absolute atomic E-state index is 12.2. The minimum atomic E-state index is -0.649. The van der Waals surface area contributed by atoms with Gasteiger partial charge < -0.3 is 19.2 Å². The lowest BCUT2D eigenvalue weighted by Crippen LogP contribution is -2.17. The molecule has 3 rings (SSSR count). The summed E-state index contributed by atoms with van der Waals surface area (Å²) >= 11 is 0. The molecule has 8 heteroatoms. The fourth-order valence-electron chi connectivity index (χ4n) is 3.00. The first kappa shape index (κ1) is 25.2. The minimum absolute atomic E-state index is 0.108. The van der Waals surface area contributed by atoms with E-state index in [-0.39, 0.29) is 24.4 Å². The number of amides is 1. The number of anilines is 1. The van der Waals surface area contributed by atoms with E-state index in [0.717, 1.165) is 0 Å². The molecule has 0 saturated carbocycles. The van der Waals surface area contributed by atoms with Crippen molar-refractivity contribution in [3.8, 4) is 5.75 Å². The zero-order valence-corrected chi connectivity index (χ0v) is 19.2. The first-order valence-corrected chi connectivity index (χ1v) is 11.0. The second kappa shape index (κ2) is 12.7. The summed E-state index contributed by atoms with van der Waals surface area (Å²) < 4.78 is 15.4. The maximum Gasteiger partial charge on any atom is 0.306 e. The molecule has 0 atom stereocenters. The number of rotatable bonds is 12. The molecule has 8 nitrogen and oxygen atoms in total. The average molecular weight is 475 g/mol. The van der Waals surface area contributed by atoms with E-state index in [1.54, 1.807) is 66.7 Å². The van der Waals surface area contributed by atoms with Gasteiger partial charge >= 0.3 is 5.97 Å². The maximum atomic E-state index is 12.2. The van der Waals surface area contributed by atoms with Crippen LogP contribution in [0.2, 0.25) is 0 Å². The SMILES string of the molecule is CCOc1ccc(C(=O)COC(=O)CCC(=O)Nc2ccc(C(=O)/C=C/c3ccco3)cc2)cc1. The Labute approximate surface area is 202 Å². The molecule has 0 saturated heterocycles. The van der Waals surface area contributed by atoms with E-state index in [9.17, 15) is 19.2 Å². The van der Waals surface area contributed by atoms with Gasteiger partial charge in [0.2, 0.25) is 5.91 Å². The summed E-state index contributed by atoms with van der Waals surface area (Å²) in [5.41, 5.74) is 1.34. The van der Waals surface area contributed by atoms with Gasteiger partial charge in [-0.1, -0.05) is 0 Å². The Hall–Kier alpha value is -4.46. The first-order chi connectivity index (χ1) is 16.9. The highest BCUT2D eigenvalue weighted by atomic mass is 16.5. The van der Waals surface area contributed by atoms with E-state index in [1.807, 2.05) is 6.92 Å². The number of furan rings is 1. The molecule has 180 valence electrons. The van der Waals surface area contributed by atoms with E-state index in [0.29, 0.717) is 34.9 Å². The molecular weight excluding hydrogens is 450 g/mol. The summed E-state index contributed by atoms with van der Waals surface area (Å²) in [6, 6.07) is 16.4. The standard InChI is InChI=1S/C27H25NO7/c1-2-33-23-11-7-20(8-12-23)25(30)18-35-27(32)16-15-26(31)28-21-9-5-19(6-10-21)24(29)14-13-22-4-3-17-34-22/h3-14,17H,2,15-16,18H2,1H3,(H,28,31)/b14-13+. The van der Waals surface area contributed by atoms with Crippen molar-refractivity contribution in [1.29, 1.82) is 0 Å². The molecule has 1 aromatic heterocycles. The van der Waals surface area contributed by atoms with Gasteiger partial charge in [0, 0.05) is 23.2 Å². The van der Waals surface area contributed by atoms with E-state index in [2.05, 4.69) is 5.32 Å². The number of Topliss-reactive ketones (excluding diaryl/α,β-unsaturated/α-hetero) is 1. The average Bonchev–Trinajstić information content (AvgIpc) is 3.39. The number of hydrogen-bond donors (Lipinski definition) is 1. The third kappa shape index (κ3) is 8.12. The van der Waals surface area contributed by atoms with Crippen molar-refractivity contribution >= 4 is 35.2 Å². The molecule has 0 aliphatic carbocycles. The molecule has 1 amide bonds. The molecule has 3 aromatic rings. The Morgan fingerprint density at radius 2 is 1.63 bits per heavy atom. The quantitative estimate of drug-likeness (QED) is 0.229. The van der Waals surface area contributed by atoms with Gasteiger partial charge in [-0.05, 0) is 79.7 Å². The molecule has 35 heavy (non-hydrogen) atoms. The molecule has 0 fully saturated rings. The molecule has 0 unspecified atom stereocenters. The Morgan fingerprint density at radius 1 is 0.914 bits per heavy atom. The minimum Gasteiger partial charge on any atom is -0.494 e. The summed E-state index contributed by atoms with van der Waals surface area (Å²) in [5.74, 6) is -0.377. The molecular formula is C27H25NO7. The molecule has 1 N–H and O–H groups in total. The van der Waals surface area contributed by atoms with Crippen LogP contribution >= 0.6 is 0 Å². The Bertz CT molecular complexity index is 1180. The van der Waals surface area contributed by atoms with E-state index in [4.69, 9.17) is 13.9 Å². The monoisotopic (exact) mass is 475 g/mol. The molecule has 0 bridgehead atoms. The second-order valence-electron chi connectivity index (χ2n) is 7.38. The zero-order valence-electron chi connectivity index (χ0n) is 19.2. The Morgan fingerprint density at radius 3 is 2.29 bits per heavy atom. The number of ketones is 2. The van der Waals surface area contributed by atoms with Crippen LogP contribution in [0.15, 0.2) is 77.4 Å². The van der Waals surface area contributed by atoms with Crippen LogP contribution in [-0.4, -0.2) is 36.7 Å². The predicted molar refractivity (Wildman–Crippen MR) is 129 cm³/mol. The zero-order chi connectivity index (χ0) is 25.0. The van der Waals surface area contributed by atoms with Gasteiger partial charge in [0.1, 0.15) is 11.5 Å². The van der Waals surface area contributed by atoms with Crippen LogP contribution in [0.1, 0.15) is 46.2 Å². The summed E-state index contributed by atoms with van der Waals surface area (Å²) in [6.45, 7) is 1.98. The van der Waals surface area contributed by atoms with Crippen LogP contribution < -0.4 is 10.1 Å². The van der Waals surface area contributed by atoms with Crippen molar-refractivity contribution in [1.82, 2.24) is 0 Å². The lowest BCUT2D eigenvalue weighted by molar-refractivity contribution is -0.143. The van der Waals surface area contributed by atoms with Crippen LogP contribution in [0.4, 0.5) is 5.69 Å². The number of esters is 1. The summed E-state index contributed by atoms with van der Waals surface area (Å²) in [7, 11) is 0. The van der Waals surface area contributed by atoms with Gasteiger partial charge in [-0.3, -0.25) is 19.2 Å². The lowest BCUT2D eigenvalue weighted by atomic mass is 10.1. The molecule has 0 aliphatic heterocycles. The summed E-state index contributed by atoms with van der Waals surface area (Å²) in [5, 5.41) is 2.65. The summed E-state index contributed by atoms with van der Waals surface area (Å²) in [4.78, 5) is 48.4. The van der Waals surface area contributed by atoms with E-state index in [1.165, 1.54) is 12.3 Å². The van der Waals surface area contributed by atoms with Gasteiger partial charge in [0.05, 0.1) is 19.3 Å². The van der Waals surface area contributed by atoms with Crippen LogP contribution in [0.3, 0.4) is 0 Å². The van der Waals surface area contributed by atoms with Crippen LogP contribution in [0.25, 0.3) is 6.08 Å². The summed E-state index contributed by atoms with van der Waals surface area (Å²) in [6.07, 6.45) is 4.21. The van der Waals surface area contributed by atoms with Crippen molar-refractivity contribution in [2.45, 2.75) is 19.8 Å². The van der Waals surface area contributed by atoms with Gasteiger partial charge in [-0.2, -0.15) is 0 Å². The second-order valence-corrected chi connectivity index (χ2v) is 7.38. The van der Waals surface area contributed by atoms with Crippen LogP contribution in [0, 0.1) is 0 Å². The first-order valence-electron chi connectivity index (χ1n) is 11.0. The van der Waals surface area contributed by atoms with Crippen molar-refractivity contribution in [3.05, 3.63) is 89.9 Å². The van der Waals surface area contributed by atoms with E-state index < -0.39 is 18.5 Å². The Kier molecular flexibility index (Phi) is 9.13. The smallest absolute Gasteiger partial charge is 0.306 e. The number of nitrogens with one attached hydrogen (secondary N) is 1. The number of carbonyl (C=O) groups excluding carboxylic acids is 4. The lowest BCUT2D eigenvalue weighted by Gasteiger charge is -2.07. The van der Waals surface area contributed by atoms with Crippen LogP contribution in [0.5, 0.6) is 5.75 Å². The molecule has 0 spiro atoms. The number of carbonyl (C=O) groups is 4. The number of benzene rings is 2. The number of hydrogen-bond acceptors (Lipinski definition) is 7. The third-order valence-electron chi connectivity index (χ3n) is 4.80. The fraction of sp³-hybridized carbons (Fsp3) is 0.185. The molecule has 0 aliphatic rings. The van der Waals surface area contributed by atoms with Crippen molar-refractivity contribution in [2.24, 2.45) is 0 Å². The van der Waals surface area contributed by atoms with Crippen molar-refractivity contribution < 1.29 is 33.1 Å². The highest BCUT2D eigenvalue weighted by Gasteiger charge is 2.13. The van der Waals surface area contributed by atoms with Crippen molar-refractivity contribution in [2.75, 3.05) is 18.5 Å². The Balaban J connectivity index is 1.38. The molecule has 2 aromatic carbocycles. The fourth-order valence-corrected chi connectivity index (χ4v) is 3.00. The number of ether oxygens (including phenoxy) is 2. The third-order valence-corrected chi connectivity index (χ3v) is 4.80. The predicted octanol–water partition coefficient (Wildman–Crippen LogP) is 4.72. The molecule has 1 heterocycles. The normalized spacial score (nSPS) is 10.7. The van der Waals surface area contributed by atoms with Gasteiger partial charge in [-0.25, -0.2) is 0 Å². The molecule has 0 radical (unpaired) electrons. The largest absolute Gasteiger partial charge is 0.494 e. The van der Waals surface area contributed by atoms with E-state index >= 15 is 0 Å². The van der Waals surface area contributed by atoms with Crippen molar-refractivity contribution in [3.63, 3.8) is 0 Å². The van der Waals surface area contributed by atoms with Crippen LogP contribution in [-0.2, 0) is 14.3 Å².